The number of nitrogens with one attached hydrogen (secondary N) is 3. The molecule has 0 saturated heterocycles. The zero-order chi connectivity index (χ0) is 31.7. The Hall–Kier alpha value is -4.08. The minimum absolute atomic E-state index is 0.0110. The number of cyclic esters (lactones) is 1. The number of alkyl carbamates (subject to hydrolysis) is 1. The highest BCUT2D eigenvalue weighted by Gasteiger charge is 2.32. The molecule has 0 aromatic heterocycles. The molecule has 0 radical (unpaired) electrons. The predicted octanol–water partition coefficient (Wildman–Crippen LogP) is 4.77. The van der Waals surface area contributed by atoms with Crippen molar-refractivity contribution in [3.63, 3.8) is 0 Å². The average molecular weight is 586 g/mol. The van der Waals surface area contributed by atoms with Crippen LogP contribution in [-0.4, -0.2) is 56.3 Å². The highest BCUT2D eigenvalue weighted by Crippen LogP contribution is 2.23. The molecule has 0 aromatic carbocycles. The lowest BCUT2D eigenvalue weighted by atomic mass is 9.86. The van der Waals surface area contributed by atoms with E-state index in [4.69, 9.17) is 14.2 Å². The Morgan fingerprint density at radius 3 is 2.40 bits per heavy atom. The van der Waals surface area contributed by atoms with Gasteiger partial charge in [0.25, 0.3) is 0 Å². The van der Waals surface area contributed by atoms with E-state index in [1.54, 1.807) is 24.3 Å². The molecule has 10 heteroatoms. The summed E-state index contributed by atoms with van der Waals surface area (Å²) < 4.78 is 15.7. The molecule has 42 heavy (non-hydrogen) atoms. The molecular weight excluding hydrogens is 538 g/mol. The summed E-state index contributed by atoms with van der Waals surface area (Å²) in [5, 5.41) is 7.91. The maximum atomic E-state index is 12.9. The molecule has 1 heterocycles. The maximum Gasteiger partial charge on any atom is 0.407 e. The van der Waals surface area contributed by atoms with Crippen molar-refractivity contribution in [2.45, 2.75) is 79.1 Å². The number of carbonyl (C=O) groups excluding carboxylic acids is 4. The summed E-state index contributed by atoms with van der Waals surface area (Å²) in [6.07, 6.45) is 17.6. The lowest BCUT2D eigenvalue weighted by Crippen LogP contribution is -2.52. The van der Waals surface area contributed by atoms with Gasteiger partial charge in [-0.3, -0.25) is 9.59 Å². The normalized spacial score (nSPS) is 18.5. The maximum absolute atomic E-state index is 12.9. The minimum Gasteiger partial charge on any atom is -0.490 e. The second-order valence-electron chi connectivity index (χ2n) is 11.0. The number of allylic oxidation sites excluding steroid dienone is 5. The van der Waals surface area contributed by atoms with Gasteiger partial charge < -0.3 is 30.2 Å². The van der Waals surface area contributed by atoms with Crippen LogP contribution < -0.4 is 16.0 Å². The van der Waals surface area contributed by atoms with Gasteiger partial charge in [-0.05, 0) is 31.5 Å². The van der Waals surface area contributed by atoms with Crippen molar-refractivity contribution in [1.82, 2.24) is 16.0 Å². The smallest absolute Gasteiger partial charge is 0.407 e. The molecule has 0 spiro atoms. The number of carbonyl (C=O) groups is 4. The predicted molar refractivity (Wildman–Crippen MR) is 163 cm³/mol. The number of hydrogen-bond acceptors (Lipinski definition) is 7. The highest BCUT2D eigenvalue weighted by molar-refractivity contribution is 5.93. The Bertz CT molecular complexity index is 1110. The van der Waals surface area contributed by atoms with Gasteiger partial charge in [-0.15, -0.1) is 0 Å². The van der Waals surface area contributed by atoms with Gasteiger partial charge in [-0.2, -0.15) is 0 Å². The van der Waals surface area contributed by atoms with Gasteiger partial charge in [0, 0.05) is 38.3 Å². The molecule has 0 aromatic rings. The van der Waals surface area contributed by atoms with Crippen LogP contribution in [0, 0.1) is 11.3 Å². The van der Waals surface area contributed by atoms with Crippen LogP contribution in [0.2, 0.25) is 0 Å². The number of esters is 1. The van der Waals surface area contributed by atoms with Crippen LogP contribution in [0.25, 0.3) is 0 Å². The first-order chi connectivity index (χ1) is 19.8. The van der Waals surface area contributed by atoms with Crippen molar-refractivity contribution in [3.8, 4) is 0 Å². The first-order valence-electron chi connectivity index (χ1n) is 14.1. The summed E-state index contributed by atoms with van der Waals surface area (Å²) in [7, 11) is 2.93. The summed E-state index contributed by atoms with van der Waals surface area (Å²) in [4.78, 5) is 49.0. The molecular formula is C32H47N3O7. The fraction of sp³-hybridized carbons (Fsp3) is 0.500. The van der Waals surface area contributed by atoms with E-state index in [2.05, 4.69) is 16.0 Å². The first-order valence-corrected chi connectivity index (χ1v) is 14.1. The van der Waals surface area contributed by atoms with Crippen molar-refractivity contribution in [1.29, 1.82) is 0 Å². The fourth-order valence-corrected chi connectivity index (χ4v) is 3.97. The van der Waals surface area contributed by atoms with Crippen molar-refractivity contribution in [2.24, 2.45) is 11.3 Å². The zero-order valence-electron chi connectivity index (χ0n) is 26.1. The molecule has 1 aliphatic rings. The SMILES string of the molecule is C/C=C\C[C@@H](C/C=C\NC(=O)[C@@H](NC(=O)\C=C/C=C\C(C)=C\[C@H](C)[C@@H]1CC=C(OC)C(=O)O1)C(C)(C)C)OC(=O)NC. The van der Waals surface area contributed by atoms with Gasteiger partial charge in [0.1, 0.15) is 18.2 Å². The third kappa shape index (κ3) is 13.5. The Morgan fingerprint density at radius 1 is 1.14 bits per heavy atom. The molecule has 3 amide bonds. The van der Waals surface area contributed by atoms with Crippen molar-refractivity contribution in [3.05, 3.63) is 72.2 Å². The zero-order valence-corrected chi connectivity index (χ0v) is 26.1. The van der Waals surface area contributed by atoms with Gasteiger partial charge in [-0.25, -0.2) is 9.59 Å². The largest absolute Gasteiger partial charge is 0.490 e. The lowest BCUT2D eigenvalue weighted by Gasteiger charge is -2.29. The molecule has 3 N–H and O–H groups in total. The Balaban J connectivity index is 2.70. The topological polar surface area (TPSA) is 132 Å². The van der Waals surface area contributed by atoms with Crippen LogP contribution in [0.5, 0.6) is 0 Å². The van der Waals surface area contributed by atoms with E-state index in [0.29, 0.717) is 19.3 Å². The first kappa shape index (κ1) is 35.9. The van der Waals surface area contributed by atoms with Crippen molar-refractivity contribution in [2.75, 3.05) is 14.2 Å². The van der Waals surface area contributed by atoms with E-state index in [1.807, 2.05) is 65.8 Å². The molecule has 10 nitrogen and oxygen atoms in total. The average Bonchev–Trinajstić information content (AvgIpc) is 2.93. The van der Waals surface area contributed by atoms with E-state index >= 15 is 0 Å². The van der Waals surface area contributed by atoms with Gasteiger partial charge in [0.05, 0.1) is 7.11 Å². The lowest BCUT2D eigenvalue weighted by molar-refractivity contribution is -0.151. The molecule has 0 bridgehead atoms. The number of ether oxygens (including phenoxy) is 3. The van der Waals surface area contributed by atoms with E-state index in [9.17, 15) is 19.2 Å². The minimum atomic E-state index is -0.794. The van der Waals surface area contributed by atoms with Crippen molar-refractivity contribution >= 4 is 23.9 Å². The quantitative estimate of drug-likeness (QED) is 0.116. The molecule has 1 rings (SSSR count). The molecule has 0 unspecified atom stereocenters. The fourth-order valence-electron chi connectivity index (χ4n) is 3.97. The summed E-state index contributed by atoms with van der Waals surface area (Å²) in [6.45, 7) is 11.4. The molecule has 0 fully saturated rings. The van der Waals surface area contributed by atoms with Gasteiger partial charge in [0.2, 0.25) is 11.8 Å². The van der Waals surface area contributed by atoms with E-state index in [0.717, 1.165) is 5.57 Å². The highest BCUT2D eigenvalue weighted by atomic mass is 16.6. The third-order valence-corrected chi connectivity index (χ3v) is 6.31. The molecule has 0 aliphatic carbocycles. The van der Waals surface area contributed by atoms with E-state index in [-0.39, 0.29) is 29.8 Å². The van der Waals surface area contributed by atoms with Crippen LogP contribution in [-0.2, 0) is 28.6 Å². The summed E-state index contributed by atoms with van der Waals surface area (Å²) in [6, 6.07) is -0.794. The third-order valence-electron chi connectivity index (χ3n) is 6.31. The van der Waals surface area contributed by atoms with E-state index in [1.165, 1.54) is 26.4 Å². The Kier molecular flexibility index (Phi) is 15.7. The van der Waals surface area contributed by atoms with Crippen LogP contribution in [0.4, 0.5) is 4.79 Å². The van der Waals surface area contributed by atoms with Gasteiger partial charge in [-0.1, -0.05) is 75.8 Å². The van der Waals surface area contributed by atoms with Crippen LogP contribution in [0.1, 0.15) is 60.8 Å². The van der Waals surface area contributed by atoms with Gasteiger partial charge in [0.15, 0.2) is 5.76 Å². The van der Waals surface area contributed by atoms with Crippen molar-refractivity contribution < 1.29 is 33.4 Å². The van der Waals surface area contributed by atoms with Crippen LogP contribution in [0.3, 0.4) is 0 Å². The molecule has 1 aliphatic heterocycles. The van der Waals surface area contributed by atoms with Crippen LogP contribution in [0.15, 0.2) is 72.2 Å². The Morgan fingerprint density at radius 2 is 1.81 bits per heavy atom. The number of amides is 3. The molecule has 4 atom stereocenters. The number of methoxy groups -OCH3 is 1. The van der Waals surface area contributed by atoms with E-state index < -0.39 is 29.4 Å². The summed E-state index contributed by atoms with van der Waals surface area (Å²) >= 11 is 0. The Labute approximate surface area is 250 Å². The molecule has 0 saturated carbocycles. The summed E-state index contributed by atoms with van der Waals surface area (Å²) in [5.41, 5.74) is 0.392. The monoisotopic (exact) mass is 585 g/mol. The second-order valence-corrected chi connectivity index (χ2v) is 11.0. The number of hydrogen-bond donors (Lipinski definition) is 3. The second kappa shape index (κ2) is 18.4. The van der Waals surface area contributed by atoms with Gasteiger partial charge >= 0.3 is 12.1 Å². The van der Waals surface area contributed by atoms with Crippen LogP contribution >= 0.6 is 0 Å². The molecule has 232 valence electrons. The number of rotatable bonds is 14. The standard InChI is InChI=1S/C32H47N3O7/c1-9-10-15-24(41-31(39)33-7)16-13-20-34-29(37)28(32(4,5)6)35-27(36)17-12-11-14-22(2)21-23(3)25-18-19-26(40-8)30(38)42-25/h9-14,17,19-21,23-25,28H,15-16,18H2,1-8H3,(H,33,39)(H,34,37)(H,35,36)/b10-9-,14-11-,17-12-,20-13-,22-21+/t23-,24-,25-,28+/m0/s1. The summed E-state index contributed by atoms with van der Waals surface area (Å²) in [5.74, 6) is -1.02.